The first kappa shape index (κ1) is 20.4. The predicted octanol–water partition coefficient (Wildman–Crippen LogP) is 4.58. The number of hydrogen-bond acceptors (Lipinski definition) is 4. The average Bonchev–Trinajstić information content (AvgIpc) is 2.62. The van der Waals surface area contributed by atoms with Gasteiger partial charge in [0.2, 0.25) is 5.91 Å². The number of amides is 1. The molecule has 2 aromatic carbocycles. The molecule has 0 aliphatic heterocycles. The van der Waals surface area contributed by atoms with Crippen molar-refractivity contribution in [2.75, 3.05) is 11.1 Å². The third-order valence-corrected chi connectivity index (χ3v) is 5.08. The molecule has 0 atom stereocenters. The molecule has 0 bridgehead atoms. The number of carbonyl (C=O) groups is 1. The number of anilines is 1. The first-order valence-electron chi connectivity index (χ1n) is 8.72. The van der Waals surface area contributed by atoms with E-state index < -0.39 is 5.82 Å². The van der Waals surface area contributed by atoms with Crippen molar-refractivity contribution in [3.63, 3.8) is 0 Å². The largest absolute Gasteiger partial charge is 0.325 e. The van der Waals surface area contributed by atoms with E-state index in [0.717, 1.165) is 11.8 Å². The van der Waals surface area contributed by atoms with Gasteiger partial charge in [-0.05, 0) is 42.3 Å². The van der Waals surface area contributed by atoms with E-state index in [-0.39, 0.29) is 23.1 Å². The molecule has 3 rings (SSSR count). The molecule has 28 heavy (non-hydrogen) atoms. The van der Waals surface area contributed by atoms with Crippen molar-refractivity contribution < 1.29 is 9.18 Å². The number of nitrogens with zero attached hydrogens (tertiary/aromatic N) is 2. The molecule has 3 aromatic rings. The molecule has 0 spiro atoms. The van der Waals surface area contributed by atoms with Crippen molar-refractivity contribution >= 4 is 45.9 Å². The van der Waals surface area contributed by atoms with Gasteiger partial charge < -0.3 is 5.32 Å². The van der Waals surface area contributed by atoms with Crippen molar-refractivity contribution in [3.8, 4) is 0 Å². The van der Waals surface area contributed by atoms with Gasteiger partial charge >= 0.3 is 0 Å². The summed E-state index contributed by atoms with van der Waals surface area (Å²) in [5.41, 5.74) is 0.706. The summed E-state index contributed by atoms with van der Waals surface area (Å²) < 4.78 is 14.8. The molecule has 1 heterocycles. The summed E-state index contributed by atoms with van der Waals surface area (Å²) >= 11 is 7.19. The number of thioether (sulfide) groups is 1. The summed E-state index contributed by atoms with van der Waals surface area (Å²) in [7, 11) is 0. The van der Waals surface area contributed by atoms with E-state index in [2.05, 4.69) is 10.3 Å². The van der Waals surface area contributed by atoms with E-state index >= 15 is 0 Å². The highest BCUT2D eigenvalue weighted by Crippen LogP contribution is 2.21. The van der Waals surface area contributed by atoms with Crippen LogP contribution >= 0.6 is 23.4 Å². The molecule has 0 radical (unpaired) electrons. The third-order valence-electron chi connectivity index (χ3n) is 3.87. The lowest BCUT2D eigenvalue weighted by Crippen LogP contribution is -2.26. The van der Waals surface area contributed by atoms with Gasteiger partial charge in [-0.15, -0.1) is 0 Å². The third kappa shape index (κ3) is 4.91. The number of nitrogens with one attached hydrogen (secondary N) is 1. The van der Waals surface area contributed by atoms with Gasteiger partial charge in [0.15, 0.2) is 5.16 Å². The lowest BCUT2D eigenvalue weighted by Gasteiger charge is -2.15. The summed E-state index contributed by atoms with van der Waals surface area (Å²) in [5.74, 6) is -0.478. The number of aromatic nitrogens is 2. The van der Waals surface area contributed by atoms with Gasteiger partial charge in [-0.25, -0.2) is 9.37 Å². The highest BCUT2D eigenvalue weighted by Gasteiger charge is 2.15. The summed E-state index contributed by atoms with van der Waals surface area (Å²) in [4.78, 5) is 29.7. The zero-order chi connectivity index (χ0) is 20.3. The minimum atomic E-state index is -0.427. The zero-order valence-corrected chi connectivity index (χ0v) is 17.0. The minimum Gasteiger partial charge on any atom is -0.325 e. The monoisotopic (exact) mass is 419 g/mol. The van der Waals surface area contributed by atoms with Crippen molar-refractivity contribution in [2.24, 2.45) is 5.92 Å². The number of rotatable bonds is 6. The molecule has 0 aliphatic rings. The number of hydrogen-bond donors (Lipinski definition) is 1. The second-order valence-corrected chi connectivity index (χ2v) is 8.09. The SMILES string of the molecule is CC(C)Cn1c(SCC(=O)Nc2cccc(F)c2)nc2cc(Cl)ccc2c1=O. The van der Waals surface area contributed by atoms with Crippen LogP contribution in [0.4, 0.5) is 10.1 Å². The van der Waals surface area contributed by atoms with Crippen LogP contribution in [-0.2, 0) is 11.3 Å². The molecule has 1 N–H and O–H groups in total. The van der Waals surface area contributed by atoms with Crippen LogP contribution in [0, 0.1) is 11.7 Å². The number of benzene rings is 2. The van der Waals surface area contributed by atoms with Crippen molar-refractivity contribution in [3.05, 3.63) is 63.7 Å². The maximum atomic E-state index is 13.3. The second kappa shape index (κ2) is 8.75. The molecule has 0 fully saturated rings. The minimum absolute atomic E-state index is 0.0348. The van der Waals surface area contributed by atoms with E-state index in [1.165, 1.54) is 18.2 Å². The maximum absolute atomic E-state index is 13.3. The van der Waals surface area contributed by atoms with Crippen LogP contribution in [0.5, 0.6) is 0 Å². The molecular weight excluding hydrogens is 401 g/mol. The first-order valence-corrected chi connectivity index (χ1v) is 10.1. The van der Waals surface area contributed by atoms with E-state index in [9.17, 15) is 14.0 Å². The van der Waals surface area contributed by atoms with E-state index in [1.807, 2.05) is 13.8 Å². The Morgan fingerprint density at radius 1 is 1.29 bits per heavy atom. The second-order valence-electron chi connectivity index (χ2n) is 6.71. The van der Waals surface area contributed by atoms with Crippen molar-refractivity contribution in [2.45, 2.75) is 25.5 Å². The van der Waals surface area contributed by atoms with Crippen LogP contribution in [0.15, 0.2) is 52.4 Å². The van der Waals surface area contributed by atoms with Gasteiger partial charge in [0, 0.05) is 17.3 Å². The Hall–Kier alpha value is -2.38. The van der Waals surface area contributed by atoms with Crippen LogP contribution in [0.1, 0.15) is 13.8 Å². The average molecular weight is 420 g/mol. The van der Waals surface area contributed by atoms with Crippen LogP contribution in [0.3, 0.4) is 0 Å². The van der Waals surface area contributed by atoms with E-state index in [1.54, 1.807) is 28.8 Å². The van der Waals surface area contributed by atoms with Gasteiger partial charge in [-0.3, -0.25) is 14.2 Å². The Morgan fingerprint density at radius 2 is 2.07 bits per heavy atom. The van der Waals surface area contributed by atoms with Gasteiger partial charge in [0.05, 0.1) is 16.7 Å². The number of fused-ring (bicyclic) bond motifs is 1. The predicted molar refractivity (Wildman–Crippen MR) is 112 cm³/mol. The van der Waals surface area contributed by atoms with Gasteiger partial charge in [0.1, 0.15) is 5.82 Å². The van der Waals surface area contributed by atoms with Crippen molar-refractivity contribution in [1.29, 1.82) is 0 Å². The quantitative estimate of drug-likeness (QED) is 0.469. The first-order chi connectivity index (χ1) is 13.3. The molecule has 8 heteroatoms. The lowest BCUT2D eigenvalue weighted by atomic mass is 10.2. The van der Waals surface area contributed by atoms with Crippen LogP contribution in [0.25, 0.3) is 10.9 Å². The smallest absolute Gasteiger partial charge is 0.262 e. The lowest BCUT2D eigenvalue weighted by molar-refractivity contribution is -0.113. The van der Waals surface area contributed by atoms with Gasteiger partial charge in [-0.1, -0.05) is 43.3 Å². The fourth-order valence-corrected chi connectivity index (χ4v) is 3.68. The Morgan fingerprint density at radius 3 is 2.79 bits per heavy atom. The van der Waals surface area contributed by atoms with E-state index in [4.69, 9.17) is 11.6 Å². The summed E-state index contributed by atoms with van der Waals surface area (Å²) in [6, 6.07) is 10.6. The zero-order valence-electron chi connectivity index (χ0n) is 15.4. The fraction of sp³-hybridized carbons (Fsp3) is 0.250. The molecule has 146 valence electrons. The van der Waals surface area contributed by atoms with E-state index in [0.29, 0.717) is 33.3 Å². The Kier molecular flexibility index (Phi) is 6.36. The summed E-state index contributed by atoms with van der Waals surface area (Å²) in [5, 5.41) is 4.06. The Bertz CT molecular complexity index is 1080. The Labute approximate surface area is 170 Å². The molecule has 1 amide bonds. The fourth-order valence-electron chi connectivity index (χ4n) is 2.70. The molecule has 5 nitrogen and oxygen atoms in total. The van der Waals surface area contributed by atoms with Crippen LogP contribution in [-0.4, -0.2) is 21.2 Å². The van der Waals surface area contributed by atoms with Crippen LogP contribution in [0.2, 0.25) is 5.02 Å². The Balaban J connectivity index is 1.86. The molecule has 0 saturated carbocycles. The molecular formula is C20H19ClFN3O2S. The molecule has 0 unspecified atom stereocenters. The van der Waals surface area contributed by atoms with Gasteiger partial charge in [-0.2, -0.15) is 0 Å². The standard InChI is InChI=1S/C20H19ClFN3O2S/c1-12(2)10-25-19(27)16-7-6-13(21)8-17(16)24-20(25)28-11-18(26)23-15-5-3-4-14(22)9-15/h3-9,12H,10-11H2,1-2H3,(H,23,26). The number of carbonyl (C=O) groups excluding carboxylic acids is 1. The molecule has 1 aromatic heterocycles. The van der Waals surface area contributed by atoms with Crippen LogP contribution < -0.4 is 10.9 Å². The highest BCUT2D eigenvalue weighted by molar-refractivity contribution is 7.99. The van der Waals surface area contributed by atoms with Gasteiger partial charge in [0.25, 0.3) is 5.56 Å². The number of halogens is 2. The normalized spacial score (nSPS) is 11.2. The summed E-state index contributed by atoms with van der Waals surface area (Å²) in [6.45, 7) is 4.49. The maximum Gasteiger partial charge on any atom is 0.262 e. The van der Waals surface area contributed by atoms with Crippen molar-refractivity contribution in [1.82, 2.24) is 9.55 Å². The highest BCUT2D eigenvalue weighted by atomic mass is 35.5. The molecule has 0 aliphatic carbocycles. The molecule has 0 saturated heterocycles. The summed E-state index contributed by atoms with van der Waals surface area (Å²) in [6.07, 6.45) is 0. The topological polar surface area (TPSA) is 64.0 Å².